The molecule has 0 fully saturated rings. The molecule has 0 unspecified atom stereocenters. The van der Waals surface area contributed by atoms with Gasteiger partial charge in [-0.15, -0.1) is 0 Å². The van der Waals surface area contributed by atoms with Crippen LogP contribution in [0, 0.1) is 0 Å². The van der Waals surface area contributed by atoms with Crippen molar-refractivity contribution in [3.63, 3.8) is 0 Å². The van der Waals surface area contributed by atoms with E-state index in [9.17, 15) is 4.79 Å². The number of carbonyl (C=O) groups excluding carboxylic acids is 1. The van der Waals surface area contributed by atoms with Gasteiger partial charge in [0.1, 0.15) is 0 Å². The van der Waals surface area contributed by atoms with Crippen LogP contribution in [0.2, 0.25) is 0 Å². The molecule has 80 valence electrons. The Hall–Kier alpha value is -2.09. The first-order valence-corrected chi connectivity index (χ1v) is 5.00. The van der Waals surface area contributed by atoms with E-state index in [1.54, 1.807) is 12.1 Å². The van der Waals surface area contributed by atoms with E-state index in [1.165, 1.54) is 7.11 Å². The van der Waals surface area contributed by atoms with Crippen LogP contribution >= 0.6 is 0 Å². The van der Waals surface area contributed by atoms with Gasteiger partial charge in [0, 0.05) is 0 Å². The lowest BCUT2D eigenvalue weighted by molar-refractivity contribution is 0.0603. The Kier molecular flexibility index (Phi) is 2.73. The number of rotatable bonds is 2. The lowest BCUT2D eigenvalue weighted by Gasteiger charge is -2.07. The fourth-order valence-electron chi connectivity index (χ4n) is 1.79. The summed E-state index contributed by atoms with van der Waals surface area (Å²) >= 11 is 0. The first-order chi connectivity index (χ1) is 7.77. The summed E-state index contributed by atoms with van der Waals surface area (Å²) in [5.74, 6) is -0.313. The van der Waals surface area contributed by atoms with E-state index in [0.717, 1.165) is 16.3 Å². The second-order valence-electron chi connectivity index (χ2n) is 3.44. The second kappa shape index (κ2) is 4.19. The molecular formula is C14H12O2. The quantitative estimate of drug-likeness (QED) is 0.714. The molecule has 0 saturated heterocycles. The third kappa shape index (κ3) is 1.58. The number of hydrogen-bond donors (Lipinski definition) is 0. The minimum Gasteiger partial charge on any atom is -0.465 e. The van der Waals surface area contributed by atoms with Gasteiger partial charge in [-0.3, -0.25) is 0 Å². The van der Waals surface area contributed by atoms with E-state index in [2.05, 4.69) is 6.58 Å². The van der Waals surface area contributed by atoms with Crippen molar-refractivity contribution < 1.29 is 9.53 Å². The van der Waals surface area contributed by atoms with Gasteiger partial charge < -0.3 is 4.74 Å². The fraction of sp³-hybridized carbons (Fsp3) is 0.0714. The van der Waals surface area contributed by atoms with Crippen LogP contribution in [0.4, 0.5) is 0 Å². The maximum atomic E-state index is 11.6. The topological polar surface area (TPSA) is 26.3 Å². The molecule has 0 aromatic heterocycles. The lowest BCUT2D eigenvalue weighted by Crippen LogP contribution is -2.02. The molecule has 2 heteroatoms. The number of methoxy groups -OCH3 is 1. The number of carbonyl (C=O) groups is 1. The summed E-state index contributed by atoms with van der Waals surface area (Å²) in [5, 5.41) is 1.91. The molecule has 2 rings (SSSR count). The van der Waals surface area contributed by atoms with Crippen LogP contribution in [0.3, 0.4) is 0 Å². The van der Waals surface area contributed by atoms with Crippen LogP contribution in [0.15, 0.2) is 43.0 Å². The lowest BCUT2D eigenvalue weighted by atomic mass is 9.99. The van der Waals surface area contributed by atoms with Gasteiger partial charge in [0.05, 0.1) is 12.7 Å². The Labute approximate surface area is 94.2 Å². The predicted octanol–water partition coefficient (Wildman–Crippen LogP) is 3.27. The molecule has 0 heterocycles. The number of benzene rings is 2. The van der Waals surface area contributed by atoms with Crippen molar-refractivity contribution in [1.29, 1.82) is 0 Å². The largest absolute Gasteiger partial charge is 0.465 e. The average molecular weight is 212 g/mol. The molecule has 16 heavy (non-hydrogen) atoms. The number of fused-ring (bicyclic) bond motifs is 1. The standard InChI is InChI=1S/C14H12O2/c1-3-10-8-9-13(14(15)16-2)12-7-5-4-6-11(10)12/h3-9H,1H2,2H3. The zero-order chi connectivity index (χ0) is 11.5. The van der Waals surface area contributed by atoms with E-state index >= 15 is 0 Å². The SMILES string of the molecule is C=Cc1ccc(C(=O)OC)c2ccccc12. The highest BCUT2D eigenvalue weighted by molar-refractivity contribution is 6.06. The zero-order valence-corrected chi connectivity index (χ0v) is 9.07. The van der Waals surface area contributed by atoms with E-state index in [0.29, 0.717) is 5.56 Å². The highest BCUT2D eigenvalue weighted by Crippen LogP contribution is 2.24. The Bertz CT molecular complexity index is 556. The van der Waals surface area contributed by atoms with Crippen LogP contribution in [-0.2, 0) is 4.74 Å². The molecule has 0 amide bonds. The van der Waals surface area contributed by atoms with E-state index in [4.69, 9.17) is 4.74 Å². The van der Waals surface area contributed by atoms with Crippen molar-refractivity contribution in [2.24, 2.45) is 0 Å². The third-order valence-electron chi connectivity index (χ3n) is 2.58. The van der Waals surface area contributed by atoms with Crippen molar-refractivity contribution in [2.75, 3.05) is 7.11 Å². The van der Waals surface area contributed by atoms with Gasteiger partial charge >= 0.3 is 5.97 Å². The number of ether oxygens (including phenoxy) is 1. The Balaban J connectivity index is 2.79. The summed E-state index contributed by atoms with van der Waals surface area (Å²) in [6.07, 6.45) is 1.78. The number of hydrogen-bond acceptors (Lipinski definition) is 2. The van der Waals surface area contributed by atoms with Gasteiger partial charge in [0.2, 0.25) is 0 Å². The Morgan fingerprint density at radius 2 is 1.88 bits per heavy atom. The first-order valence-electron chi connectivity index (χ1n) is 5.00. The van der Waals surface area contributed by atoms with Crippen molar-refractivity contribution in [2.45, 2.75) is 0 Å². The second-order valence-corrected chi connectivity index (χ2v) is 3.44. The van der Waals surface area contributed by atoms with Crippen molar-refractivity contribution in [1.82, 2.24) is 0 Å². The average Bonchev–Trinajstić information content (AvgIpc) is 2.36. The minimum atomic E-state index is -0.313. The van der Waals surface area contributed by atoms with Crippen molar-refractivity contribution in [3.05, 3.63) is 54.1 Å². The Morgan fingerprint density at radius 3 is 2.50 bits per heavy atom. The van der Waals surface area contributed by atoms with Gasteiger partial charge in [0.15, 0.2) is 0 Å². The fourth-order valence-corrected chi connectivity index (χ4v) is 1.79. The van der Waals surface area contributed by atoms with Crippen LogP contribution < -0.4 is 0 Å². The molecular weight excluding hydrogens is 200 g/mol. The van der Waals surface area contributed by atoms with Gasteiger partial charge in [0.25, 0.3) is 0 Å². The third-order valence-corrected chi connectivity index (χ3v) is 2.58. The molecule has 0 bridgehead atoms. The molecule has 2 nitrogen and oxygen atoms in total. The van der Waals surface area contributed by atoms with Gasteiger partial charge in [-0.2, -0.15) is 0 Å². The maximum Gasteiger partial charge on any atom is 0.338 e. The molecule has 0 N–H and O–H groups in total. The van der Waals surface area contributed by atoms with E-state index in [1.807, 2.05) is 30.3 Å². The van der Waals surface area contributed by atoms with Gasteiger partial charge in [-0.1, -0.05) is 43.0 Å². The van der Waals surface area contributed by atoms with Crippen molar-refractivity contribution in [3.8, 4) is 0 Å². The molecule has 0 aliphatic carbocycles. The molecule has 0 saturated carbocycles. The zero-order valence-electron chi connectivity index (χ0n) is 9.07. The van der Waals surface area contributed by atoms with Crippen LogP contribution in [0.25, 0.3) is 16.8 Å². The van der Waals surface area contributed by atoms with E-state index in [-0.39, 0.29) is 5.97 Å². The van der Waals surface area contributed by atoms with Gasteiger partial charge in [-0.25, -0.2) is 4.79 Å². The summed E-state index contributed by atoms with van der Waals surface area (Å²) in [6, 6.07) is 11.4. The summed E-state index contributed by atoms with van der Waals surface area (Å²) in [7, 11) is 1.39. The highest BCUT2D eigenvalue weighted by Gasteiger charge is 2.10. The molecule has 2 aromatic carbocycles. The predicted molar refractivity (Wildman–Crippen MR) is 65.4 cm³/mol. The Morgan fingerprint density at radius 1 is 1.19 bits per heavy atom. The monoisotopic (exact) mass is 212 g/mol. The van der Waals surface area contributed by atoms with Crippen LogP contribution in [0.1, 0.15) is 15.9 Å². The minimum absolute atomic E-state index is 0.313. The number of esters is 1. The summed E-state index contributed by atoms with van der Waals surface area (Å²) in [6.45, 7) is 3.76. The van der Waals surface area contributed by atoms with E-state index < -0.39 is 0 Å². The summed E-state index contributed by atoms with van der Waals surface area (Å²) in [5.41, 5.74) is 1.60. The summed E-state index contributed by atoms with van der Waals surface area (Å²) in [4.78, 5) is 11.6. The molecule has 2 aromatic rings. The van der Waals surface area contributed by atoms with Gasteiger partial charge in [-0.05, 0) is 22.4 Å². The maximum absolute atomic E-state index is 11.6. The molecule has 0 aliphatic heterocycles. The van der Waals surface area contributed by atoms with Crippen molar-refractivity contribution >= 4 is 22.8 Å². The molecule has 0 aliphatic rings. The normalized spacial score (nSPS) is 10.1. The molecule has 0 spiro atoms. The van der Waals surface area contributed by atoms with Crippen LogP contribution in [-0.4, -0.2) is 13.1 Å². The first kappa shape index (κ1) is 10.4. The smallest absolute Gasteiger partial charge is 0.338 e. The highest BCUT2D eigenvalue weighted by atomic mass is 16.5. The summed E-state index contributed by atoms with van der Waals surface area (Å²) < 4.78 is 4.75. The van der Waals surface area contributed by atoms with Crippen LogP contribution in [0.5, 0.6) is 0 Å². The molecule has 0 atom stereocenters. The molecule has 0 radical (unpaired) electrons.